The van der Waals surface area contributed by atoms with Crippen molar-refractivity contribution in [2.45, 2.75) is 63.2 Å². The smallest absolute Gasteiger partial charge is 0.315 e. The molecule has 0 spiro atoms. The lowest BCUT2D eigenvalue weighted by Crippen LogP contribution is -2.44. The maximum Gasteiger partial charge on any atom is 0.315 e. The molecule has 2 saturated carbocycles. The highest BCUT2D eigenvalue weighted by atomic mass is 19.1. The van der Waals surface area contributed by atoms with E-state index < -0.39 is 11.7 Å². The molecule has 2 aliphatic rings. The van der Waals surface area contributed by atoms with E-state index in [2.05, 4.69) is 41.7 Å². The molecule has 12 heteroatoms. The largest absolute Gasteiger partial charge is 0.379 e. The molecule has 0 saturated heterocycles. The zero-order valence-corrected chi connectivity index (χ0v) is 22.4. The Morgan fingerprint density at radius 1 is 0.902 bits per heavy atom. The maximum atomic E-state index is 14.1. The summed E-state index contributed by atoms with van der Waals surface area (Å²) in [5.74, 6) is -0.540. The molecule has 0 aliphatic heterocycles. The SMILES string of the molecule is O=C(NCc1ccccc1)NC1CCC(Nc2cc(NC3CC3)c3ncc(C(=O)Nc4ccncc4F)n3n2)CC1. The first-order valence-corrected chi connectivity index (χ1v) is 13.9. The van der Waals surface area contributed by atoms with Crippen LogP contribution in [-0.4, -0.2) is 49.6 Å². The molecule has 3 amide bonds. The first-order valence-electron chi connectivity index (χ1n) is 13.9. The second kappa shape index (κ2) is 11.8. The Labute approximate surface area is 236 Å². The van der Waals surface area contributed by atoms with E-state index in [0.29, 0.717) is 24.1 Å². The molecule has 3 aromatic heterocycles. The van der Waals surface area contributed by atoms with Gasteiger partial charge in [0.1, 0.15) is 5.82 Å². The third-order valence-corrected chi connectivity index (χ3v) is 7.37. The van der Waals surface area contributed by atoms with Gasteiger partial charge < -0.3 is 26.6 Å². The van der Waals surface area contributed by atoms with Crippen LogP contribution in [0.1, 0.15) is 54.6 Å². The Bertz CT molecular complexity index is 1530. The number of benzene rings is 1. The van der Waals surface area contributed by atoms with E-state index in [-0.39, 0.29) is 29.5 Å². The molecule has 2 aliphatic carbocycles. The lowest BCUT2D eigenvalue weighted by Gasteiger charge is -2.30. The summed E-state index contributed by atoms with van der Waals surface area (Å²) in [6.45, 7) is 0.487. The molecule has 41 heavy (non-hydrogen) atoms. The number of hydrogen-bond acceptors (Lipinski definition) is 7. The van der Waals surface area contributed by atoms with E-state index in [0.717, 1.165) is 56.0 Å². The number of fused-ring (bicyclic) bond motifs is 1. The van der Waals surface area contributed by atoms with Crippen LogP contribution in [0.5, 0.6) is 0 Å². The Hall–Kier alpha value is -4.74. The summed E-state index contributed by atoms with van der Waals surface area (Å²) in [6.07, 6.45) is 9.42. The number of rotatable bonds is 9. The first kappa shape index (κ1) is 26.5. The number of halogens is 1. The van der Waals surface area contributed by atoms with E-state index in [1.807, 2.05) is 36.4 Å². The zero-order chi connectivity index (χ0) is 28.2. The lowest BCUT2D eigenvalue weighted by atomic mass is 9.91. The van der Waals surface area contributed by atoms with Gasteiger partial charge >= 0.3 is 6.03 Å². The summed E-state index contributed by atoms with van der Waals surface area (Å²) in [5, 5.41) is 20.3. The summed E-state index contributed by atoms with van der Waals surface area (Å²) in [4.78, 5) is 33.6. The Morgan fingerprint density at radius 2 is 1.63 bits per heavy atom. The molecular formula is C29H32FN9O2. The van der Waals surface area contributed by atoms with E-state index in [9.17, 15) is 14.0 Å². The van der Waals surface area contributed by atoms with Gasteiger partial charge in [0, 0.05) is 36.9 Å². The van der Waals surface area contributed by atoms with Crippen molar-refractivity contribution in [3.05, 3.63) is 78.1 Å². The van der Waals surface area contributed by atoms with Crippen LogP contribution in [0.2, 0.25) is 0 Å². The summed E-state index contributed by atoms with van der Waals surface area (Å²) in [6, 6.07) is 13.6. The second-order valence-electron chi connectivity index (χ2n) is 10.6. The minimum Gasteiger partial charge on any atom is -0.379 e. The van der Waals surface area contributed by atoms with Gasteiger partial charge in [-0.05, 0) is 50.2 Å². The van der Waals surface area contributed by atoms with Crippen molar-refractivity contribution in [3.8, 4) is 0 Å². The number of nitrogens with zero attached hydrogens (tertiary/aromatic N) is 4. The van der Waals surface area contributed by atoms with Crippen molar-refractivity contribution >= 4 is 34.8 Å². The molecule has 212 valence electrons. The number of anilines is 3. The highest BCUT2D eigenvalue weighted by Crippen LogP contribution is 2.30. The van der Waals surface area contributed by atoms with Gasteiger partial charge in [0.15, 0.2) is 17.2 Å². The average Bonchev–Trinajstić information content (AvgIpc) is 3.69. The number of carbonyl (C=O) groups is 2. The number of imidazole rings is 1. The Morgan fingerprint density at radius 3 is 2.39 bits per heavy atom. The van der Waals surface area contributed by atoms with E-state index in [1.54, 1.807) is 0 Å². The third-order valence-electron chi connectivity index (χ3n) is 7.37. The molecule has 1 aromatic carbocycles. The van der Waals surface area contributed by atoms with Crippen molar-refractivity contribution in [2.75, 3.05) is 16.0 Å². The minimum atomic E-state index is -0.625. The van der Waals surface area contributed by atoms with Crippen LogP contribution in [-0.2, 0) is 6.54 Å². The molecule has 11 nitrogen and oxygen atoms in total. The van der Waals surface area contributed by atoms with Crippen molar-refractivity contribution in [1.29, 1.82) is 0 Å². The average molecular weight is 558 g/mol. The fraction of sp³-hybridized carbons (Fsp3) is 0.345. The number of hydrogen-bond donors (Lipinski definition) is 5. The summed E-state index contributed by atoms with van der Waals surface area (Å²) in [7, 11) is 0. The van der Waals surface area contributed by atoms with Crippen molar-refractivity contribution in [1.82, 2.24) is 30.2 Å². The van der Waals surface area contributed by atoms with Crippen LogP contribution in [0.4, 0.5) is 26.4 Å². The second-order valence-corrected chi connectivity index (χ2v) is 10.6. The molecule has 0 bridgehead atoms. The normalized spacial score (nSPS) is 18.5. The Balaban J connectivity index is 1.10. The topological polar surface area (TPSA) is 137 Å². The van der Waals surface area contributed by atoms with Crippen molar-refractivity contribution in [2.24, 2.45) is 0 Å². The van der Waals surface area contributed by atoms with Crippen LogP contribution >= 0.6 is 0 Å². The maximum absolute atomic E-state index is 14.1. The quantitative estimate of drug-likeness (QED) is 0.207. The van der Waals surface area contributed by atoms with Crippen LogP contribution in [0.3, 0.4) is 0 Å². The number of pyridine rings is 1. The van der Waals surface area contributed by atoms with Crippen LogP contribution in [0.15, 0.2) is 61.1 Å². The minimum absolute atomic E-state index is 0.0321. The lowest BCUT2D eigenvalue weighted by molar-refractivity contribution is 0.102. The molecular weight excluding hydrogens is 525 g/mol. The van der Waals surface area contributed by atoms with Crippen molar-refractivity contribution in [3.63, 3.8) is 0 Å². The molecule has 5 N–H and O–H groups in total. The summed E-state index contributed by atoms with van der Waals surface area (Å²) < 4.78 is 15.6. The van der Waals surface area contributed by atoms with Crippen molar-refractivity contribution < 1.29 is 14.0 Å². The molecule has 4 aromatic rings. The molecule has 0 unspecified atom stereocenters. The fourth-order valence-electron chi connectivity index (χ4n) is 5.02. The number of amides is 3. The van der Waals surface area contributed by atoms with Gasteiger partial charge in [-0.1, -0.05) is 30.3 Å². The predicted molar refractivity (Wildman–Crippen MR) is 153 cm³/mol. The number of carbonyl (C=O) groups excluding carboxylic acids is 2. The molecule has 0 radical (unpaired) electrons. The van der Waals surface area contributed by atoms with Gasteiger partial charge in [-0.15, -0.1) is 5.10 Å². The van der Waals surface area contributed by atoms with Gasteiger partial charge in [-0.25, -0.2) is 18.7 Å². The van der Waals surface area contributed by atoms with Crippen LogP contribution < -0.4 is 26.6 Å². The fourth-order valence-corrected chi connectivity index (χ4v) is 5.02. The van der Waals surface area contributed by atoms with Crippen LogP contribution in [0.25, 0.3) is 5.65 Å². The molecule has 6 rings (SSSR count). The van der Waals surface area contributed by atoms with E-state index >= 15 is 0 Å². The standard InChI is InChI=1S/C29H32FN9O2/c30-22-16-31-13-12-23(22)37-28(40)25-17-32-27-24(34-19-6-7-19)14-26(38-39(25)27)35-20-8-10-21(11-9-20)36-29(41)33-15-18-4-2-1-3-5-18/h1-5,12-14,16-17,19-21,34H,6-11,15H2,(H,35,38)(H,31,37,40)(H2,33,36,41). The van der Waals surface area contributed by atoms with E-state index in [4.69, 9.17) is 0 Å². The third kappa shape index (κ3) is 6.53. The predicted octanol–water partition coefficient (Wildman–Crippen LogP) is 4.31. The number of aromatic nitrogens is 4. The Kier molecular flexibility index (Phi) is 7.61. The molecule has 3 heterocycles. The number of nitrogens with one attached hydrogen (secondary N) is 5. The highest BCUT2D eigenvalue weighted by molar-refractivity contribution is 6.03. The van der Waals surface area contributed by atoms with Crippen LogP contribution in [0, 0.1) is 5.82 Å². The zero-order valence-electron chi connectivity index (χ0n) is 22.4. The summed E-state index contributed by atoms with van der Waals surface area (Å²) in [5.41, 5.74) is 2.58. The summed E-state index contributed by atoms with van der Waals surface area (Å²) >= 11 is 0. The van der Waals surface area contributed by atoms with Gasteiger partial charge in [-0.3, -0.25) is 9.78 Å². The molecule has 2 fully saturated rings. The van der Waals surface area contributed by atoms with Gasteiger partial charge in [0.2, 0.25) is 0 Å². The van der Waals surface area contributed by atoms with Gasteiger partial charge in [0.25, 0.3) is 5.91 Å². The van der Waals surface area contributed by atoms with Gasteiger partial charge in [-0.2, -0.15) is 0 Å². The molecule has 0 atom stereocenters. The first-order chi connectivity index (χ1) is 20.0. The number of urea groups is 1. The highest BCUT2D eigenvalue weighted by Gasteiger charge is 2.26. The monoisotopic (exact) mass is 557 g/mol. The van der Waals surface area contributed by atoms with E-state index in [1.165, 1.54) is 23.0 Å². The van der Waals surface area contributed by atoms with Gasteiger partial charge in [0.05, 0.1) is 23.8 Å².